The van der Waals surface area contributed by atoms with Crippen molar-refractivity contribution >= 4 is 11.9 Å². The Hall–Kier alpha value is -2.45. The SMILES string of the molecule is CC(C)N(C)CC1CCC2(CCN(Cc3cccnc3)CC2)CO1.O=C(O)C(F)(F)F.O=C(O)C(F)(F)F. The highest BCUT2D eigenvalue weighted by atomic mass is 19.4. The molecule has 2 aliphatic heterocycles. The first-order valence-electron chi connectivity index (χ1n) is 12.0. The number of carboxylic acids is 2. The highest BCUT2D eigenvalue weighted by Crippen LogP contribution is 2.40. The van der Waals surface area contributed by atoms with E-state index in [2.05, 4.69) is 41.7 Å². The summed E-state index contributed by atoms with van der Waals surface area (Å²) in [5.74, 6) is -5.51. The van der Waals surface area contributed by atoms with Crippen LogP contribution in [0.2, 0.25) is 0 Å². The van der Waals surface area contributed by atoms with Crippen LogP contribution in [-0.2, 0) is 20.9 Å². The molecule has 2 saturated heterocycles. The Bertz CT molecular complexity index is 825. The lowest BCUT2D eigenvalue weighted by molar-refractivity contribution is -0.193. The smallest absolute Gasteiger partial charge is 0.475 e. The van der Waals surface area contributed by atoms with Gasteiger partial charge < -0.3 is 19.8 Å². The van der Waals surface area contributed by atoms with Gasteiger partial charge >= 0.3 is 24.3 Å². The quantitative estimate of drug-likeness (QED) is 0.511. The van der Waals surface area contributed by atoms with Crippen molar-refractivity contribution in [3.8, 4) is 0 Å². The van der Waals surface area contributed by atoms with Crippen molar-refractivity contribution in [1.29, 1.82) is 0 Å². The number of nitrogens with zero attached hydrogens (tertiary/aromatic N) is 3. The number of ether oxygens (including phenoxy) is 1. The van der Waals surface area contributed by atoms with E-state index < -0.39 is 24.3 Å². The van der Waals surface area contributed by atoms with Crippen LogP contribution in [0.25, 0.3) is 0 Å². The predicted octanol–water partition coefficient (Wildman–Crippen LogP) is 4.45. The van der Waals surface area contributed by atoms with Crippen LogP contribution >= 0.6 is 0 Å². The molecule has 3 rings (SSSR count). The van der Waals surface area contributed by atoms with Crippen molar-refractivity contribution < 1.29 is 50.9 Å². The molecule has 3 heterocycles. The molecule has 8 nitrogen and oxygen atoms in total. The molecule has 0 aliphatic carbocycles. The average Bonchev–Trinajstić information content (AvgIpc) is 2.82. The zero-order chi connectivity index (χ0) is 29.1. The molecule has 1 spiro atoms. The van der Waals surface area contributed by atoms with Crippen molar-refractivity contribution in [2.45, 2.75) is 70.6 Å². The molecule has 1 atom stereocenters. The Morgan fingerprint density at radius 3 is 2.00 bits per heavy atom. The number of piperidine rings is 1. The summed E-state index contributed by atoms with van der Waals surface area (Å²) < 4.78 is 69.7. The molecule has 1 aromatic rings. The van der Waals surface area contributed by atoms with Crippen molar-refractivity contribution in [3.63, 3.8) is 0 Å². The fraction of sp³-hybridized carbons (Fsp3) is 0.708. The Balaban J connectivity index is 0.000000426. The molecule has 38 heavy (non-hydrogen) atoms. The summed E-state index contributed by atoms with van der Waals surface area (Å²) in [6.45, 7) is 9.95. The molecule has 2 N–H and O–H groups in total. The van der Waals surface area contributed by atoms with Gasteiger partial charge in [-0.3, -0.25) is 9.88 Å². The topological polar surface area (TPSA) is 103 Å². The minimum Gasteiger partial charge on any atom is -0.475 e. The number of halogens is 6. The second kappa shape index (κ2) is 14.6. The van der Waals surface area contributed by atoms with Crippen molar-refractivity contribution in [1.82, 2.24) is 14.8 Å². The standard InChI is InChI=1S/C20H33N3O.2C2HF3O2/c1-17(2)22(3)15-19-6-7-20(16-24-19)8-11-23(12-9-20)14-18-5-4-10-21-13-18;2*3-2(4,5)1(6)7/h4-5,10,13,17,19H,6-9,11-12,14-16H2,1-3H3;2*(H,6,7). The number of carboxylic acid groups (broad SMARTS) is 2. The number of aromatic nitrogens is 1. The molecule has 1 aromatic heterocycles. The van der Waals surface area contributed by atoms with Gasteiger partial charge in [0.15, 0.2) is 0 Å². The van der Waals surface area contributed by atoms with Gasteiger partial charge in [0.05, 0.1) is 12.7 Å². The third-order valence-corrected chi connectivity index (χ3v) is 6.53. The van der Waals surface area contributed by atoms with Crippen LogP contribution in [0.4, 0.5) is 26.3 Å². The Morgan fingerprint density at radius 1 is 1.11 bits per heavy atom. The summed E-state index contributed by atoms with van der Waals surface area (Å²) in [4.78, 5) is 27.0. The minimum atomic E-state index is -5.08. The predicted molar refractivity (Wildman–Crippen MR) is 125 cm³/mol. The third kappa shape index (κ3) is 12.4. The first-order chi connectivity index (χ1) is 17.4. The molecule has 14 heteroatoms. The summed E-state index contributed by atoms with van der Waals surface area (Å²) in [5.41, 5.74) is 1.77. The van der Waals surface area contributed by atoms with Gasteiger partial charge in [-0.25, -0.2) is 9.59 Å². The fourth-order valence-electron chi connectivity index (χ4n) is 3.92. The van der Waals surface area contributed by atoms with Gasteiger partial charge in [-0.2, -0.15) is 26.3 Å². The van der Waals surface area contributed by atoms with Gasteiger partial charge in [0.1, 0.15) is 0 Å². The van der Waals surface area contributed by atoms with Crippen LogP contribution < -0.4 is 0 Å². The van der Waals surface area contributed by atoms with E-state index in [1.165, 1.54) is 44.3 Å². The van der Waals surface area contributed by atoms with Crippen LogP contribution in [0.15, 0.2) is 24.5 Å². The largest absolute Gasteiger partial charge is 0.490 e. The van der Waals surface area contributed by atoms with Crippen molar-refractivity contribution in [2.75, 3.05) is 33.3 Å². The molecule has 2 aliphatic rings. The van der Waals surface area contributed by atoms with E-state index in [1.807, 2.05) is 18.5 Å². The number of likely N-dealkylation sites (tertiary alicyclic amines) is 1. The second-order valence-corrected chi connectivity index (χ2v) is 9.75. The number of pyridine rings is 1. The molecule has 0 bridgehead atoms. The highest BCUT2D eigenvalue weighted by Gasteiger charge is 2.40. The van der Waals surface area contributed by atoms with Gasteiger partial charge in [0.25, 0.3) is 0 Å². The highest BCUT2D eigenvalue weighted by molar-refractivity contribution is 5.73. The zero-order valence-corrected chi connectivity index (χ0v) is 21.6. The number of alkyl halides is 6. The van der Waals surface area contributed by atoms with Crippen LogP contribution in [0.5, 0.6) is 0 Å². The summed E-state index contributed by atoms with van der Waals surface area (Å²) in [6.07, 6.45) is -0.786. The molecule has 218 valence electrons. The Labute approximate surface area is 217 Å². The number of aliphatic carboxylic acids is 2. The summed E-state index contributed by atoms with van der Waals surface area (Å²) in [5, 5.41) is 14.2. The Kier molecular flexibility index (Phi) is 12.9. The maximum Gasteiger partial charge on any atom is 0.490 e. The van der Waals surface area contributed by atoms with E-state index in [-0.39, 0.29) is 0 Å². The summed E-state index contributed by atoms with van der Waals surface area (Å²) in [7, 11) is 2.20. The van der Waals surface area contributed by atoms with Gasteiger partial charge in [-0.05, 0) is 76.7 Å². The van der Waals surface area contributed by atoms with Gasteiger partial charge in [-0.1, -0.05) is 6.07 Å². The number of rotatable bonds is 5. The fourth-order valence-corrected chi connectivity index (χ4v) is 3.92. The van der Waals surface area contributed by atoms with E-state index in [9.17, 15) is 26.3 Å². The van der Waals surface area contributed by atoms with Crippen LogP contribution in [0, 0.1) is 5.41 Å². The summed E-state index contributed by atoms with van der Waals surface area (Å²) >= 11 is 0. The normalized spacial score (nSPS) is 19.8. The zero-order valence-electron chi connectivity index (χ0n) is 21.6. The molecule has 0 saturated carbocycles. The molecule has 2 fully saturated rings. The Morgan fingerprint density at radius 2 is 1.63 bits per heavy atom. The average molecular weight is 560 g/mol. The van der Waals surface area contributed by atoms with Crippen LogP contribution in [0.1, 0.15) is 45.1 Å². The van der Waals surface area contributed by atoms with Crippen LogP contribution in [-0.4, -0.2) is 94.7 Å². The first-order valence-corrected chi connectivity index (χ1v) is 12.0. The van der Waals surface area contributed by atoms with Gasteiger partial charge in [-0.15, -0.1) is 0 Å². The lowest BCUT2D eigenvalue weighted by Gasteiger charge is -2.46. The van der Waals surface area contributed by atoms with E-state index in [0.717, 1.165) is 19.7 Å². The molecule has 0 radical (unpaired) electrons. The molecule has 1 unspecified atom stereocenters. The maximum absolute atomic E-state index is 10.6. The van der Waals surface area contributed by atoms with E-state index in [4.69, 9.17) is 24.5 Å². The van der Waals surface area contributed by atoms with Crippen molar-refractivity contribution in [2.24, 2.45) is 5.41 Å². The van der Waals surface area contributed by atoms with E-state index >= 15 is 0 Å². The van der Waals surface area contributed by atoms with E-state index in [1.54, 1.807) is 0 Å². The lowest BCUT2D eigenvalue weighted by Crippen LogP contribution is -2.47. The summed E-state index contributed by atoms with van der Waals surface area (Å²) in [6, 6.07) is 4.81. The molecule has 0 amide bonds. The number of carbonyl (C=O) groups is 2. The maximum atomic E-state index is 10.6. The first kappa shape index (κ1) is 33.6. The number of hydrogen-bond acceptors (Lipinski definition) is 6. The monoisotopic (exact) mass is 559 g/mol. The number of hydrogen-bond donors (Lipinski definition) is 2. The molecular formula is C24H35F6N3O5. The van der Waals surface area contributed by atoms with Crippen LogP contribution in [0.3, 0.4) is 0 Å². The third-order valence-electron chi connectivity index (χ3n) is 6.53. The van der Waals surface area contributed by atoms with Gasteiger partial charge in [0, 0.05) is 31.5 Å². The number of likely N-dealkylation sites (N-methyl/N-ethyl adjacent to an activating group) is 1. The lowest BCUT2D eigenvalue weighted by atomic mass is 9.73. The van der Waals surface area contributed by atoms with E-state index in [0.29, 0.717) is 17.6 Å². The molecule has 0 aromatic carbocycles. The second-order valence-electron chi connectivity index (χ2n) is 9.75. The van der Waals surface area contributed by atoms with Gasteiger partial charge in [0.2, 0.25) is 0 Å². The minimum absolute atomic E-state index is 0.427. The van der Waals surface area contributed by atoms with Crippen molar-refractivity contribution in [3.05, 3.63) is 30.1 Å². The molecular weight excluding hydrogens is 524 g/mol.